The second-order valence-electron chi connectivity index (χ2n) is 7.20. The predicted molar refractivity (Wildman–Crippen MR) is 105 cm³/mol. The zero-order chi connectivity index (χ0) is 17.7. The van der Waals surface area contributed by atoms with Crippen LogP contribution in [0.1, 0.15) is 116 Å². The Labute approximate surface area is 151 Å². The SMILES string of the molecule is CCCCCCCCCCCCCCCNCCCCCC(=O)O. The highest BCUT2D eigenvalue weighted by molar-refractivity contribution is 5.66. The smallest absolute Gasteiger partial charge is 0.303 e. The molecule has 0 spiro atoms. The average Bonchev–Trinajstić information content (AvgIpc) is 2.56. The van der Waals surface area contributed by atoms with Gasteiger partial charge in [0.25, 0.3) is 0 Å². The molecule has 3 nitrogen and oxygen atoms in total. The fourth-order valence-electron chi connectivity index (χ4n) is 3.10. The first-order valence-electron chi connectivity index (χ1n) is 10.7. The average molecular weight is 342 g/mol. The van der Waals surface area contributed by atoms with E-state index < -0.39 is 5.97 Å². The third-order valence-corrected chi connectivity index (χ3v) is 4.70. The minimum absolute atomic E-state index is 0.318. The second kappa shape index (κ2) is 20.5. The molecule has 0 atom stereocenters. The number of rotatable bonds is 20. The Hall–Kier alpha value is -0.570. The van der Waals surface area contributed by atoms with Gasteiger partial charge in [-0.25, -0.2) is 0 Å². The minimum Gasteiger partial charge on any atom is -0.481 e. The molecule has 0 radical (unpaired) electrons. The summed E-state index contributed by atoms with van der Waals surface area (Å²) in [4.78, 5) is 10.4. The number of carbonyl (C=O) groups is 1. The summed E-state index contributed by atoms with van der Waals surface area (Å²) in [6.07, 6.45) is 21.5. The van der Waals surface area contributed by atoms with Gasteiger partial charge in [-0.2, -0.15) is 0 Å². The Morgan fingerprint density at radius 3 is 1.42 bits per heavy atom. The van der Waals surface area contributed by atoms with Crippen molar-refractivity contribution in [3.05, 3.63) is 0 Å². The van der Waals surface area contributed by atoms with Crippen molar-refractivity contribution in [1.29, 1.82) is 0 Å². The number of hydrogen-bond acceptors (Lipinski definition) is 2. The van der Waals surface area contributed by atoms with Crippen molar-refractivity contribution in [2.75, 3.05) is 13.1 Å². The van der Waals surface area contributed by atoms with Gasteiger partial charge in [0.15, 0.2) is 0 Å². The first-order chi connectivity index (χ1) is 11.8. The largest absolute Gasteiger partial charge is 0.481 e. The molecular formula is C21H43NO2. The standard InChI is InChI=1S/C21H43NO2/c1-2-3-4-5-6-7-8-9-10-11-12-13-16-19-22-20-17-14-15-18-21(23)24/h22H,2-20H2,1H3,(H,23,24). The maximum atomic E-state index is 10.4. The van der Waals surface area contributed by atoms with E-state index in [1.165, 1.54) is 83.5 Å². The lowest BCUT2D eigenvalue weighted by Gasteiger charge is -2.05. The lowest BCUT2D eigenvalue weighted by atomic mass is 10.0. The Kier molecular flexibility index (Phi) is 20.0. The molecule has 0 aromatic rings. The van der Waals surface area contributed by atoms with Gasteiger partial charge in [-0.15, -0.1) is 0 Å². The van der Waals surface area contributed by atoms with Crippen LogP contribution in [0.4, 0.5) is 0 Å². The highest BCUT2D eigenvalue weighted by atomic mass is 16.4. The molecule has 0 unspecified atom stereocenters. The first-order valence-corrected chi connectivity index (χ1v) is 10.7. The topological polar surface area (TPSA) is 49.3 Å². The predicted octanol–water partition coefficient (Wildman–Crippen LogP) is 6.31. The molecule has 0 saturated heterocycles. The van der Waals surface area contributed by atoms with Crippen molar-refractivity contribution in [3.8, 4) is 0 Å². The number of unbranched alkanes of at least 4 members (excludes halogenated alkanes) is 14. The lowest BCUT2D eigenvalue weighted by molar-refractivity contribution is -0.137. The summed E-state index contributed by atoms with van der Waals surface area (Å²) in [6, 6.07) is 0. The number of aliphatic carboxylic acids is 1. The fourth-order valence-corrected chi connectivity index (χ4v) is 3.10. The fraction of sp³-hybridized carbons (Fsp3) is 0.952. The van der Waals surface area contributed by atoms with E-state index in [1.807, 2.05) is 0 Å². The van der Waals surface area contributed by atoms with Gasteiger partial charge < -0.3 is 10.4 Å². The molecule has 0 aliphatic heterocycles. The molecule has 24 heavy (non-hydrogen) atoms. The van der Waals surface area contributed by atoms with Crippen LogP contribution in [0.25, 0.3) is 0 Å². The van der Waals surface area contributed by atoms with Gasteiger partial charge in [0, 0.05) is 6.42 Å². The van der Waals surface area contributed by atoms with E-state index >= 15 is 0 Å². The summed E-state index contributed by atoms with van der Waals surface area (Å²) >= 11 is 0. The lowest BCUT2D eigenvalue weighted by Crippen LogP contribution is -2.16. The Balaban J connectivity index is 2.97. The van der Waals surface area contributed by atoms with E-state index in [2.05, 4.69) is 12.2 Å². The zero-order valence-corrected chi connectivity index (χ0v) is 16.3. The molecule has 0 bridgehead atoms. The van der Waals surface area contributed by atoms with Gasteiger partial charge >= 0.3 is 5.97 Å². The molecule has 0 heterocycles. The molecule has 0 fully saturated rings. The molecule has 0 aliphatic carbocycles. The molecule has 0 aliphatic rings. The van der Waals surface area contributed by atoms with Crippen LogP contribution in [-0.2, 0) is 4.79 Å². The molecule has 2 N–H and O–H groups in total. The van der Waals surface area contributed by atoms with Gasteiger partial charge in [-0.05, 0) is 32.4 Å². The number of nitrogens with one attached hydrogen (secondary N) is 1. The van der Waals surface area contributed by atoms with Crippen LogP contribution in [0.2, 0.25) is 0 Å². The van der Waals surface area contributed by atoms with E-state index in [4.69, 9.17) is 5.11 Å². The number of carboxylic acid groups (broad SMARTS) is 1. The highest BCUT2D eigenvalue weighted by Gasteiger charge is 1.96. The van der Waals surface area contributed by atoms with E-state index in [1.54, 1.807) is 0 Å². The van der Waals surface area contributed by atoms with Crippen molar-refractivity contribution in [3.63, 3.8) is 0 Å². The monoisotopic (exact) mass is 341 g/mol. The normalized spacial score (nSPS) is 11.0. The van der Waals surface area contributed by atoms with Gasteiger partial charge in [-0.1, -0.05) is 90.4 Å². The number of carboxylic acids is 1. The van der Waals surface area contributed by atoms with Crippen LogP contribution >= 0.6 is 0 Å². The summed E-state index contributed by atoms with van der Waals surface area (Å²) in [5, 5.41) is 12.0. The zero-order valence-electron chi connectivity index (χ0n) is 16.3. The molecule has 0 amide bonds. The van der Waals surface area contributed by atoms with Crippen LogP contribution in [0.3, 0.4) is 0 Å². The first kappa shape index (κ1) is 23.4. The van der Waals surface area contributed by atoms with Crippen LogP contribution in [0, 0.1) is 0 Å². The molecule has 0 rings (SSSR count). The number of hydrogen-bond donors (Lipinski definition) is 2. The van der Waals surface area contributed by atoms with Crippen molar-refractivity contribution >= 4 is 5.97 Å². The third-order valence-electron chi connectivity index (χ3n) is 4.70. The summed E-state index contributed by atoms with van der Waals surface area (Å²) in [5.41, 5.74) is 0. The summed E-state index contributed by atoms with van der Waals surface area (Å²) < 4.78 is 0. The van der Waals surface area contributed by atoms with Gasteiger partial charge in [0.05, 0.1) is 0 Å². The van der Waals surface area contributed by atoms with Crippen molar-refractivity contribution in [2.24, 2.45) is 0 Å². The highest BCUT2D eigenvalue weighted by Crippen LogP contribution is 2.12. The van der Waals surface area contributed by atoms with Crippen LogP contribution in [0.5, 0.6) is 0 Å². The van der Waals surface area contributed by atoms with Crippen LogP contribution in [0.15, 0.2) is 0 Å². The maximum absolute atomic E-state index is 10.4. The Bertz CT molecular complexity index is 256. The third kappa shape index (κ3) is 21.4. The minimum atomic E-state index is -0.671. The second-order valence-corrected chi connectivity index (χ2v) is 7.20. The molecule has 144 valence electrons. The van der Waals surface area contributed by atoms with E-state index in [0.717, 1.165) is 32.4 Å². The van der Waals surface area contributed by atoms with E-state index in [-0.39, 0.29) is 0 Å². The summed E-state index contributed by atoms with van der Waals surface area (Å²) in [7, 11) is 0. The van der Waals surface area contributed by atoms with Crippen LogP contribution < -0.4 is 5.32 Å². The summed E-state index contributed by atoms with van der Waals surface area (Å²) in [6.45, 7) is 4.44. The van der Waals surface area contributed by atoms with Crippen molar-refractivity contribution in [1.82, 2.24) is 5.32 Å². The van der Waals surface area contributed by atoms with Crippen molar-refractivity contribution < 1.29 is 9.90 Å². The quantitative estimate of drug-likeness (QED) is 0.255. The molecule has 3 heteroatoms. The van der Waals surface area contributed by atoms with E-state index in [9.17, 15) is 4.79 Å². The molecule has 0 aromatic carbocycles. The molecule has 0 aromatic heterocycles. The molecule has 0 saturated carbocycles. The Morgan fingerprint density at radius 2 is 1.00 bits per heavy atom. The van der Waals surface area contributed by atoms with E-state index in [0.29, 0.717) is 6.42 Å². The van der Waals surface area contributed by atoms with Crippen LogP contribution in [-0.4, -0.2) is 24.2 Å². The maximum Gasteiger partial charge on any atom is 0.303 e. The van der Waals surface area contributed by atoms with Crippen molar-refractivity contribution in [2.45, 2.75) is 116 Å². The molecular weight excluding hydrogens is 298 g/mol. The van der Waals surface area contributed by atoms with Gasteiger partial charge in [0.1, 0.15) is 0 Å². The van der Waals surface area contributed by atoms with Gasteiger partial charge in [-0.3, -0.25) is 4.79 Å². The van der Waals surface area contributed by atoms with Gasteiger partial charge in [0.2, 0.25) is 0 Å². The summed E-state index contributed by atoms with van der Waals surface area (Å²) in [5.74, 6) is -0.671. The Morgan fingerprint density at radius 1 is 0.625 bits per heavy atom.